The molecule has 3 rings (SSSR count). The van der Waals surface area contributed by atoms with Crippen molar-refractivity contribution in [3.8, 4) is 0 Å². The van der Waals surface area contributed by atoms with Crippen LogP contribution >= 0.6 is 0 Å². The highest BCUT2D eigenvalue weighted by molar-refractivity contribution is 7.86. The second-order valence-corrected chi connectivity index (χ2v) is 8.55. The van der Waals surface area contributed by atoms with E-state index in [1.807, 2.05) is 36.5 Å². The minimum absolute atomic E-state index is 0.156. The summed E-state index contributed by atoms with van der Waals surface area (Å²) in [6, 6.07) is 9.68. The van der Waals surface area contributed by atoms with Gasteiger partial charge in [-0.1, -0.05) is 30.3 Å². The molecule has 136 valence electrons. The number of aryl methyl sites for hydroxylation is 1. The predicted octanol–water partition coefficient (Wildman–Crippen LogP) is 2.46. The molecule has 0 saturated carbocycles. The van der Waals surface area contributed by atoms with E-state index < -0.39 is 10.2 Å². The summed E-state index contributed by atoms with van der Waals surface area (Å²) >= 11 is 0. The Labute approximate surface area is 150 Å². The van der Waals surface area contributed by atoms with Gasteiger partial charge in [-0.15, -0.1) is 0 Å². The molecule has 2 aromatic rings. The molecule has 1 aromatic heterocycles. The van der Waals surface area contributed by atoms with Crippen molar-refractivity contribution in [2.75, 3.05) is 20.1 Å². The Bertz CT molecular complexity index is 788. The summed E-state index contributed by atoms with van der Waals surface area (Å²) in [5, 5.41) is 0. The quantitative estimate of drug-likeness (QED) is 0.793. The lowest BCUT2D eigenvalue weighted by Gasteiger charge is -2.34. The molecule has 0 spiro atoms. The highest BCUT2D eigenvalue weighted by atomic mass is 32.2. The van der Waals surface area contributed by atoms with Crippen LogP contribution in [0.1, 0.15) is 37.1 Å². The first kappa shape index (κ1) is 18.1. The smallest absolute Gasteiger partial charge is 0.282 e. The Balaban J connectivity index is 1.73. The van der Waals surface area contributed by atoms with Gasteiger partial charge in [-0.05, 0) is 25.3 Å². The zero-order valence-corrected chi connectivity index (χ0v) is 15.7. The average molecular weight is 362 g/mol. The lowest BCUT2D eigenvalue weighted by molar-refractivity contribution is 0.283. The summed E-state index contributed by atoms with van der Waals surface area (Å²) < 4.78 is 31.1. The van der Waals surface area contributed by atoms with Crippen LogP contribution in [0.2, 0.25) is 0 Å². The number of benzene rings is 1. The molecule has 1 saturated heterocycles. The minimum Gasteiger partial charge on any atom is -0.335 e. The Hall–Kier alpha value is -1.70. The third-order valence-electron chi connectivity index (χ3n) is 4.81. The number of aromatic nitrogens is 2. The van der Waals surface area contributed by atoms with E-state index in [1.54, 1.807) is 17.5 Å². The molecule has 1 atom stereocenters. The maximum absolute atomic E-state index is 13.0. The minimum atomic E-state index is -3.47. The van der Waals surface area contributed by atoms with Crippen LogP contribution in [0.25, 0.3) is 0 Å². The third kappa shape index (κ3) is 3.94. The van der Waals surface area contributed by atoms with Crippen LogP contribution in [0.15, 0.2) is 42.7 Å². The molecule has 0 radical (unpaired) electrons. The zero-order chi connectivity index (χ0) is 17.9. The molecule has 1 aromatic carbocycles. The van der Waals surface area contributed by atoms with Gasteiger partial charge in [0.1, 0.15) is 5.82 Å². The Kier molecular flexibility index (Phi) is 5.56. The van der Waals surface area contributed by atoms with Gasteiger partial charge in [0.2, 0.25) is 0 Å². The van der Waals surface area contributed by atoms with E-state index in [4.69, 9.17) is 0 Å². The van der Waals surface area contributed by atoms with Crippen LogP contribution in [-0.4, -0.2) is 46.7 Å². The van der Waals surface area contributed by atoms with Crippen molar-refractivity contribution in [3.63, 3.8) is 0 Å². The Morgan fingerprint density at radius 3 is 2.76 bits per heavy atom. The molecule has 2 heterocycles. The van der Waals surface area contributed by atoms with Gasteiger partial charge in [-0.25, -0.2) is 4.98 Å². The molecule has 7 heteroatoms. The van der Waals surface area contributed by atoms with Crippen LogP contribution in [0.5, 0.6) is 0 Å². The maximum atomic E-state index is 13.0. The molecule has 1 unspecified atom stereocenters. The second kappa shape index (κ2) is 7.68. The first-order chi connectivity index (χ1) is 12.0. The molecule has 6 nitrogen and oxygen atoms in total. The molecule has 0 bridgehead atoms. The molecule has 0 N–H and O–H groups in total. The topological polar surface area (TPSA) is 58.4 Å². The summed E-state index contributed by atoms with van der Waals surface area (Å²) in [6.45, 7) is 4.39. The van der Waals surface area contributed by atoms with E-state index in [2.05, 4.69) is 16.5 Å². The largest absolute Gasteiger partial charge is 0.335 e. The molecular formula is C18H26N4O2S. The fraction of sp³-hybridized carbons (Fsp3) is 0.500. The fourth-order valence-electron chi connectivity index (χ4n) is 3.43. The Morgan fingerprint density at radius 2 is 2.04 bits per heavy atom. The third-order valence-corrected chi connectivity index (χ3v) is 6.71. The van der Waals surface area contributed by atoms with Gasteiger partial charge in [0.05, 0.1) is 0 Å². The molecule has 1 aliphatic heterocycles. The van der Waals surface area contributed by atoms with E-state index in [0.717, 1.165) is 30.8 Å². The number of piperidine rings is 1. The summed E-state index contributed by atoms with van der Waals surface area (Å²) in [5.74, 6) is 1.15. The number of imidazole rings is 1. The van der Waals surface area contributed by atoms with Crippen LogP contribution < -0.4 is 0 Å². The number of hydrogen-bond donors (Lipinski definition) is 0. The summed E-state index contributed by atoms with van der Waals surface area (Å²) in [6.07, 6.45) is 5.60. The first-order valence-corrected chi connectivity index (χ1v) is 10.2. The van der Waals surface area contributed by atoms with Crippen molar-refractivity contribution >= 4 is 10.2 Å². The predicted molar refractivity (Wildman–Crippen MR) is 98.3 cm³/mol. The highest BCUT2D eigenvalue weighted by Crippen LogP contribution is 2.28. The van der Waals surface area contributed by atoms with Gasteiger partial charge in [-0.2, -0.15) is 17.0 Å². The van der Waals surface area contributed by atoms with Crippen molar-refractivity contribution in [1.82, 2.24) is 18.2 Å². The molecule has 1 aliphatic rings. The average Bonchev–Trinajstić information content (AvgIpc) is 3.11. The fourth-order valence-corrected chi connectivity index (χ4v) is 4.86. The summed E-state index contributed by atoms with van der Waals surface area (Å²) in [5.41, 5.74) is 0.990. The number of rotatable bonds is 6. The van der Waals surface area contributed by atoms with Gasteiger partial charge >= 0.3 is 0 Å². The van der Waals surface area contributed by atoms with Crippen LogP contribution in [0, 0.1) is 0 Å². The lowest BCUT2D eigenvalue weighted by Crippen LogP contribution is -2.46. The van der Waals surface area contributed by atoms with Gasteiger partial charge < -0.3 is 4.57 Å². The SMILES string of the molecule is CCn1ccnc1C1CCCN(S(=O)(=O)N(C)Cc2ccccc2)C1. The Morgan fingerprint density at radius 1 is 1.28 bits per heavy atom. The van der Waals surface area contributed by atoms with E-state index >= 15 is 0 Å². The molecule has 1 fully saturated rings. The van der Waals surface area contributed by atoms with Gasteiger partial charge in [-0.3, -0.25) is 0 Å². The monoisotopic (exact) mass is 362 g/mol. The highest BCUT2D eigenvalue weighted by Gasteiger charge is 2.33. The molecular weight excluding hydrogens is 336 g/mol. The van der Waals surface area contributed by atoms with Gasteiger partial charge in [0.15, 0.2) is 0 Å². The first-order valence-electron chi connectivity index (χ1n) is 8.78. The van der Waals surface area contributed by atoms with Crippen molar-refractivity contribution in [3.05, 3.63) is 54.1 Å². The summed E-state index contributed by atoms with van der Waals surface area (Å²) in [4.78, 5) is 4.47. The number of hydrogen-bond acceptors (Lipinski definition) is 3. The maximum Gasteiger partial charge on any atom is 0.282 e. The lowest BCUT2D eigenvalue weighted by atomic mass is 9.99. The second-order valence-electron chi connectivity index (χ2n) is 6.52. The van der Waals surface area contributed by atoms with E-state index in [9.17, 15) is 8.42 Å². The summed E-state index contributed by atoms with van der Waals surface area (Å²) in [7, 11) is -1.82. The molecule has 25 heavy (non-hydrogen) atoms. The molecule has 0 amide bonds. The van der Waals surface area contributed by atoms with Crippen LogP contribution in [0.4, 0.5) is 0 Å². The number of nitrogens with zero attached hydrogens (tertiary/aromatic N) is 4. The van der Waals surface area contributed by atoms with Crippen molar-refractivity contribution in [2.45, 2.75) is 38.8 Å². The standard InChI is InChI=1S/C18H26N4O2S/c1-3-21-13-11-19-18(21)17-10-7-12-22(15-17)25(23,24)20(2)14-16-8-5-4-6-9-16/h4-6,8-9,11,13,17H,3,7,10,12,14-15H2,1-2H3. The molecule has 0 aliphatic carbocycles. The van der Waals surface area contributed by atoms with Crippen molar-refractivity contribution < 1.29 is 8.42 Å². The van der Waals surface area contributed by atoms with Gasteiger partial charge in [0.25, 0.3) is 10.2 Å². The van der Waals surface area contributed by atoms with Gasteiger partial charge in [0, 0.05) is 51.5 Å². The van der Waals surface area contributed by atoms with Crippen molar-refractivity contribution in [2.24, 2.45) is 0 Å². The zero-order valence-electron chi connectivity index (χ0n) is 14.9. The van der Waals surface area contributed by atoms with Crippen LogP contribution in [0.3, 0.4) is 0 Å². The van der Waals surface area contributed by atoms with E-state index in [-0.39, 0.29) is 5.92 Å². The van der Waals surface area contributed by atoms with Crippen molar-refractivity contribution in [1.29, 1.82) is 0 Å². The van der Waals surface area contributed by atoms with E-state index in [1.165, 1.54) is 4.31 Å². The normalized spacial score (nSPS) is 19.4. The van der Waals surface area contributed by atoms with Crippen LogP contribution in [-0.2, 0) is 23.3 Å². The van der Waals surface area contributed by atoms with E-state index in [0.29, 0.717) is 19.6 Å².